The van der Waals surface area contributed by atoms with Crippen LogP contribution in [0, 0.1) is 5.82 Å². The molecule has 7 heteroatoms. The Bertz CT molecular complexity index is 696. The molecule has 0 saturated carbocycles. The van der Waals surface area contributed by atoms with E-state index in [-0.39, 0.29) is 20.7 Å². The summed E-state index contributed by atoms with van der Waals surface area (Å²) in [6, 6.07) is 8.53. The lowest BCUT2D eigenvalue weighted by Crippen LogP contribution is -2.14. The zero-order chi connectivity index (χ0) is 15.6. The van der Waals surface area contributed by atoms with Gasteiger partial charge in [-0.25, -0.2) is 4.39 Å². The summed E-state index contributed by atoms with van der Waals surface area (Å²) in [5.74, 6) is -1.01. The second kappa shape index (κ2) is 6.39. The maximum absolute atomic E-state index is 13.1. The molecule has 0 aliphatic rings. The SMILES string of the molecule is NC(=S)c1ccc(C(=O)Nc2c(Cl)cc(F)cc2Cl)cc1. The highest BCUT2D eigenvalue weighted by atomic mass is 35.5. The predicted octanol–water partition coefficient (Wildman–Crippen LogP) is 4.02. The van der Waals surface area contributed by atoms with Gasteiger partial charge in [0.05, 0.1) is 15.7 Å². The molecule has 0 spiro atoms. The molecular weight excluding hydrogens is 334 g/mol. The highest BCUT2D eigenvalue weighted by Crippen LogP contribution is 2.31. The van der Waals surface area contributed by atoms with Crippen LogP contribution in [0.15, 0.2) is 36.4 Å². The van der Waals surface area contributed by atoms with Crippen molar-refractivity contribution in [1.29, 1.82) is 0 Å². The summed E-state index contributed by atoms with van der Waals surface area (Å²) in [6.07, 6.45) is 0. The van der Waals surface area contributed by atoms with Crippen LogP contribution in [0.2, 0.25) is 10.0 Å². The first-order valence-electron chi connectivity index (χ1n) is 5.74. The number of anilines is 1. The first-order chi connectivity index (χ1) is 9.88. The van der Waals surface area contributed by atoms with Crippen molar-refractivity contribution >= 4 is 52.0 Å². The summed E-state index contributed by atoms with van der Waals surface area (Å²) in [6.45, 7) is 0. The highest BCUT2D eigenvalue weighted by Gasteiger charge is 2.13. The quantitative estimate of drug-likeness (QED) is 0.828. The highest BCUT2D eigenvalue weighted by molar-refractivity contribution is 7.80. The fraction of sp³-hybridized carbons (Fsp3) is 0. The van der Waals surface area contributed by atoms with Gasteiger partial charge < -0.3 is 11.1 Å². The molecular formula is C14H9Cl2FN2OS. The van der Waals surface area contributed by atoms with Gasteiger partial charge in [-0.2, -0.15) is 0 Å². The molecule has 0 aliphatic carbocycles. The third kappa shape index (κ3) is 3.69. The molecule has 0 heterocycles. The smallest absolute Gasteiger partial charge is 0.255 e. The molecule has 1 amide bonds. The average Bonchev–Trinajstić information content (AvgIpc) is 2.42. The third-order valence-corrected chi connectivity index (χ3v) is 3.51. The Kier molecular flexibility index (Phi) is 4.77. The minimum Gasteiger partial charge on any atom is -0.389 e. The molecule has 3 nitrogen and oxygen atoms in total. The lowest BCUT2D eigenvalue weighted by molar-refractivity contribution is 0.102. The number of nitrogens with one attached hydrogen (secondary N) is 1. The van der Waals surface area contributed by atoms with E-state index in [2.05, 4.69) is 5.32 Å². The number of hydrogen-bond acceptors (Lipinski definition) is 2. The summed E-state index contributed by atoms with van der Waals surface area (Å²) < 4.78 is 13.1. The van der Waals surface area contributed by atoms with Gasteiger partial charge in [0.2, 0.25) is 0 Å². The average molecular weight is 343 g/mol. The van der Waals surface area contributed by atoms with E-state index < -0.39 is 11.7 Å². The van der Waals surface area contributed by atoms with Gasteiger partial charge in [-0.1, -0.05) is 47.6 Å². The van der Waals surface area contributed by atoms with Crippen LogP contribution >= 0.6 is 35.4 Å². The van der Waals surface area contributed by atoms with Crippen molar-refractivity contribution in [1.82, 2.24) is 0 Å². The number of amides is 1. The summed E-state index contributed by atoms with van der Waals surface area (Å²) in [4.78, 5) is 12.3. The van der Waals surface area contributed by atoms with E-state index in [0.717, 1.165) is 12.1 Å². The van der Waals surface area contributed by atoms with Crippen molar-refractivity contribution in [2.24, 2.45) is 5.73 Å². The first kappa shape index (κ1) is 15.7. The molecule has 0 saturated heterocycles. The zero-order valence-electron chi connectivity index (χ0n) is 10.5. The van der Waals surface area contributed by atoms with Gasteiger partial charge in [0, 0.05) is 11.1 Å². The van der Waals surface area contributed by atoms with E-state index in [1.54, 1.807) is 24.3 Å². The topological polar surface area (TPSA) is 55.1 Å². The van der Waals surface area contributed by atoms with Crippen molar-refractivity contribution in [2.45, 2.75) is 0 Å². The fourth-order valence-electron chi connectivity index (χ4n) is 1.63. The molecule has 2 rings (SSSR count). The first-order valence-corrected chi connectivity index (χ1v) is 6.90. The Morgan fingerprint density at radius 1 is 1.10 bits per heavy atom. The van der Waals surface area contributed by atoms with Crippen LogP contribution < -0.4 is 11.1 Å². The minimum atomic E-state index is -0.580. The summed E-state index contributed by atoms with van der Waals surface area (Å²) in [5.41, 5.74) is 6.65. The van der Waals surface area contributed by atoms with Crippen molar-refractivity contribution < 1.29 is 9.18 Å². The Hall–Kier alpha value is -1.69. The van der Waals surface area contributed by atoms with Crippen molar-refractivity contribution in [3.8, 4) is 0 Å². The van der Waals surface area contributed by atoms with Gasteiger partial charge in [0.25, 0.3) is 5.91 Å². The lowest BCUT2D eigenvalue weighted by atomic mass is 10.1. The van der Waals surface area contributed by atoms with Crippen LogP contribution in [0.1, 0.15) is 15.9 Å². The van der Waals surface area contributed by atoms with E-state index in [1.807, 2.05) is 0 Å². The third-order valence-electron chi connectivity index (χ3n) is 2.68. The molecule has 108 valence electrons. The minimum absolute atomic E-state index is 0.0214. The summed E-state index contributed by atoms with van der Waals surface area (Å²) >= 11 is 16.5. The van der Waals surface area contributed by atoms with Crippen LogP contribution in [0.4, 0.5) is 10.1 Å². The van der Waals surface area contributed by atoms with Crippen molar-refractivity contribution in [3.05, 3.63) is 63.4 Å². The maximum Gasteiger partial charge on any atom is 0.255 e. The van der Waals surface area contributed by atoms with Crippen LogP contribution in [0.3, 0.4) is 0 Å². The molecule has 0 bridgehead atoms. The number of hydrogen-bond donors (Lipinski definition) is 2. The summed E-state index contributed by atoms with van der Waals surface area (Å²) in [7, 11) is 0. The largest absolute Gasteiger partial charge is 0.389 e. The van der Waals surface area contributed by atoms with Crippen LogP contribution in [0.5, 0.6) is 0 Å². The van der Waals surface area contributed by atoms with Gasteiger partial charge in [-0.3, -0.25) is 4.79 Å². The molecule has 0 radical (unpaired) electrons. The van der Waals surface area contributed by atoms with E-state index >= 15 is 0 Å². The number of carbonyl (C=O) groups is 1. The van der Waals surface area contributed by atoms with E-state index in [0.29, 0.717) is 11.1 Å². The van der Waals surface area contributed by atoms with E-state index in [1.165, 1.54) is 0 Å². The lowest BCUT2D eigenvalue weighted by Gasteiger charge is -2.10. The van der Waals surface area contributed by atoms with Crippen LogP contribution in [-0.4, -0.2) is 10.9 Å². The number of benzene rings is 2. The molecule has 0 unspecified atom stereocenters. The number of thiocarbonyl (C=S) groups is 1. The number of nitrogens with two attached hydrogens (primary N) is 1. The molecule has 21 heavy (non-hydrogen) atoms. The zero-order valence-corrected chi connectivity index (χ0v) is 12.8. The Labute approximate surface area is 135 Å². The fourth-order valence-corrected chi connectivity index (χ4v) is 2.32. The predicted molar refractivity (Wildman–Crippen MR) is 86.7 cm³/mol. The van der Waals surface area contributed by atoms with Gasteiger partial charge in [-0.05, 0) is 24.3 Å². The number of halogens is 3. The van der Waals surface area contributed by atoms with Crippen LogP contribution in [-0.2, 0) is 0 Å². The van der Waals surface area contributed by atoms with Gasteiger partial charge >= 0.3 is 0 Å². The molecule has 0 atom stereocenters. The van der Waals surface area contributed by atoms with Gasteiger partial charge in [0.15, 0.2) is 0 Å². The van der Waals surface area contributed by atoms with Gasteiger partial charge in [-0.15, -0.1) is 0 Å². The van der Waals surface area contributed by atoms with Gasteiger partial charge in [0.1, 0.15) is 10.8 Å². The normalized spacial score (nSPS) is 10.2. The number of carbonyl (C=O) groups excluding carboxylic acids is 1. The number of rotatable bonds is 3. The second-order valence-corrected chi connectivity index (χ2v) is 5.39. The Morgan fingerprint density at radius 3 is 2.05 bits per heavy atom. The molecule has 2 aromatic carbocycles. The molecule has 0 aromatic heterocycles. The monoisotopic (exact) mass is 342 g/mol. The molecule has 3 N–H and O–H groups in total. The molecule has 0 aliphatic heterocycles. The van der Waals surface area contributed by atoms with E-state index in [9.17, 15) is 9.18 Å². The van der Waals surface area contributed by atoms with Crippen LogP contribution in [0.25, 0.3) is 0 Å². The molecule has 2 aromatic rings. The summed E-state index contributed by atoms with van der Waals surface area (Å²) in [5, 5.41) is 2.58. The van der Waals surface area contributed by atoms with E-state index in [4.69, 9.17) is 41.2 Å². The standard InChI is InChI=1S/C14H9Cl2FN2OS/c15-10-5-9(17)6-11(16)12(10)19-14(20)8-3-1-7(2-4-8)13(18)21/h1-6H,(H2,18,21)(H,19,20). The van der Waals surface area contributed by atoms with Crippen molar-refractivity contribution in [3.63, 3.8) is 0 Å². The Balaban J connectivity index is 2.24. The van der Waals surface area contributed by atoms with Crippen molar-refractivity contribution in [2.75, 3.05) is 5.32 Å². The second-order valence-electron chi connectivity index (χ2n) is 4.14. The maximum atomic E-state index is 13.1. The Morgan fingerprint density at radius 2 is 1.57 bits per heavy atom. The molecule has 0 fully saturated rings.